The molecule has 1 aliphatic rings. The van der Waals surface area contributed by atoms with Gasteiger partial charge in [-0.1, -0.05) is 42.5 Å². The number of benzene rings is 3. The van der Waals surface area contributed by atoms with Gasteiger partial charge in [0, 0.05) is 16.3 Å². The normalized spacial score (nSPS) is 12.8. The molecule has 0 aliphatic heterocycles. The van der Waals surface area contributed by atoms with Crippen molar-refractivity contribution in [1.82, 2.24) is 4.98 Å². The highest BCUT2D eigenvalue weighted by molar-refractivity contribution is 6.10. The summed E-state index contributed by atoms with van der Waals surface area (Å²) in [5.41, 5.74) is 9.65. The maximum absolute atomic E-state index is 3.61. The van der Waals surface area contributed by atoms with Gasteiger partial charge in [-0.2, -0.15) is 0 Å². The smallest absolute Gasteiger partial charge is 0.0501 e. The van der Waals surface area contributed by atoms with Crippen LogP contribution in [0.3, 0.4) is 0 Å². The highest BCUT2D eigenvalue weighted by Crippen LogP contribution is 2.43. The maximum Gasteiger partial charge on any atom is 0.0501 e. The summed E-state index contributed by atoms with van der Waals surface area (Å²) in [7, 11) is 0. The van der Waals surface area contributed by atoms with Gasteiger partial charge in [-0.3, -0.25) is 0 Å². The van der Waals surface area contributed by atoms with Gasteiger partial charge < -0.3 is 4.98 Å². The molecule has 1 heterocycles. The molecular formula is C20H15N. The van der Waals surface area contributed by atoms with Crippen molar-refractivity contribution in [2.75, 3.05) is 0 Å². The molecule has 1 heteroatoms. The lowest BCUT2D eigenvalue weighted by molar-refractivity contribution is 1.26. The number of nitrogens with one attached hydrogen (secondary N) is 1. The predicted molar refractivity (Wildman–Crippen MR) is 88.8 cm³/mol. The first-order chi connectivity index (χ1) is 10.3. The van der Waals surface area contributed by atoms with Crippen molar-refractivity contribution in [2.24, 2.45) is 0 Å². The summed E-state index contributed by atoms with van der Waals surface area (Å²) in [6, 6.07) is 19.8. The van der Waals surface area contributed by atoms with Crippen LogP contribution in [0, 0.1) is 6.92 Å². The van der Waals surface area contributed by atoms with Gasteiger partial charge in [0.15, 0.2) is 0 Å². The summed E-state index contributed by atoms with van der Waals surface area (Å²) in [4.78, 5) is 3.61. The summed E-state index contributed by atoms with van der Waals surface area (Å²) < 4.78 is 0. The standard InChI is InChI=1S/C20H15N/c1-12-19-14(10-13-6-2-3-7-15(13)19)11-17-16-8-4-5-9-18(16)21-20(12)17/h2-9,11,21H,10H2,1H3. The van der Waals surface area contributed by atoms with Crippen LogP contribution in [0.15, 0.2) is 54.6 Å². The molecule has 21 heavy (non-hydrogen) atoms. The molecule has 5 rings (SSSR count). The van der Waals surface area contributed by atoms with E-state index in [1.54, 1.807) is 0 Å². The van der Waals surface area contributed by atoms with E-state index in [0.717, 1.165) is 6.42 Å². The van der Waals surface area contributed by atoms with Gasteiger partial charge in [-0.05, 0) is 53.3 Å². The number of para-hydroxylation sites is 1. The summed E-state index contributed by atoms with van der Waals surface area (Å²) in [5, 5.41) is 2.68. The lowest BCUT2D eigenvalue weighted by Crippen LogP contribution is -1.86. The molecule has 0 amide bonds. The Labute approximate surface area is 123 Å². The number of rotatable bonds is 0. The summed E-state index contributed by atoms with van der Waals surface area (Å²) in [5.74, 6) is 0. The van der Waals surface area contributed by atoms with Gasteiger partial charge in [0.05, 0.1) is 5.52 Å². The fraction of sp³-hybridized carbons (Fsp3) is 0.100. The number of aromatic nitrogens is 1. The van der Waals surface area contributed by atoms with Gasteiger partial charge >= 0.3 is 0 Å². The van der Waals surface area contributed by atoms with E-state index >= 15 is 0 Å². The molecule has 0 saturated carbocycles. The Hall–Kier alpha value is -2.54. The fourth-order valence-electron chi connectivity index (χ4n) is 3.86. The second-order valence-corrected chi connectivity index (χ2v) is 5.96. The average molecular weight is 269 g/mol. The Morgan fingerprint density at radius 1 is 0.857 bits per heavy atom. The number of aryl methyl sites for hydroxylation is 1. The van der Waals surface area contributed by atoms with Crippen LogP contribution in [0.2, 0.25) is 0 Å². The third-order valence-electron chi connectivity index (χ3n) is 4.80. The van der Waals surface area contributed by atoms with E-state index in [2.05, 4.69) is 66.5 Å². The Balaban J connectivity index is 1.96. The first-order valence-electron chi connectivity index (χ1n) is 7.44. The molecule has 0 bridgehead atoms. The third-order valence-corrected chi connectivity index (χ3v) is 4.80. The highest BCUT2D eigenvalue weighted by atomic mass is 14.7. The molecule has 0 unspecified atom stereocenters. The average Bonchev–Trinajstić information content (AvgIpc) is 3.06. The van der Waals surface area contributed by atoms with E-state index in [1.165, 1.54) is 49.6 Å². The van der Waals surface area contributed by atoms with Crippen molar-refractivity contribution < 1.29 is 0 Å². The van der Waals surface area contributed by atoms with E-state index in [-0.39, 0.29) is 0 Å². The van der Waals surface area contributed by atoms with Gasteiger partial charge in [-0.25, -0.2) is 0 Å². The van der Waals surface area contributed by atoms with Crippen molar-refractivity contribution in [3.05, 3.63) is 71.3 Å². The van der Waals surface area contributed by atoms with Gasteiger partial charge in [-0.15, -0.1) is 0 Å². The van der Waals surface area contributed by atoms with Crippen LogP contribution < -0.4 is 0 Å². The summed E-state index contributed by atoms with van der Waals surface area (Å²) in [6.07, 6.45) is 1.06. The second kappa shape index (κ2) is 3.76. The number of aromatic amines is 1. The van der Waals surface area contributed by atoms with Gasteiger partial charge in [0.25, 0.3) is 0 Å². The first kappa shape index (κ1) is 11.2. The first-order valence-corrected chi connectivity index (χ1v) is 7.44. The van der Waals surface area contributed by atoms with Crippen LogP contribution in [0.5, 0.6) is 0 Å². The second-order valence-electron chi connectivity index (χ2n) is 5.96. The van der Waals surface area contributed by atoms with Crippen LogP contribution in [-0.2, 0) is 6.42 Å². The van der Waals surface area contributed by atoms with Crippen molar-refractivity contribution >= 4 is 21.8 Å². The van der Waals surface area contributed by atoms with Crippen molar-refractivity contribution in [3.8, 4) is 11.1 Å². The Morgan fingerprint density at radius 3 is 2.62 bits per heavy atom. The molecule has 0 atom stereocenters. The largest absolute Gasteiger partial charge is 0.354 e. The van der Waals surface area contributed by atoms with E-state index in [1.807, 2.05) is 0 Å². The molecule has 0 fully saturated rings. The Morgan fingerprint density at radius 2 is 1.67 bits per heavy atom. The monoisotopic (exact) mass is 269 g/mol. The number of H-pyrrole nitrogens is 1. The number of hydrogen-bond donors (Lipinski definition) is 1. The SMILES string of the molecule is Cc1c2c(cc3c1[nH]c1ccccc13)Cc1ccccc1-2. The topological polar surface area (TPSA) is 15.8 Å². The zero-order valence-corrected chi connectivity index (χ0v) is 11.9. The van der Waals surface area contributed by atoms with Gasteiger partial charge in [0.1, 0.15) is 0 Å². The van der Waals surface area contributed by atoms with Crippen molar-refractivity contribution in [1.29, 1.82) is 0 Å². The lowest BCUT2D eigenvalue weighted by atomic mass is 9.97. The minimum Gasteiger partial charge on any atom is -0.354 e. The van der Waals surface area contributed by atoms with E-state index in [9.17, 15) is 0 Å². The summed E-state index contributed by atoms with van der Waals surface area (Å²) >= 11 is 0. The number of fused-ring (bicyclic) bond motifs is 6. The quantitative estimate of drug-likeness (QED) is 0.397. The van der Waals surface area contributed by atoms with Crippen LogP contribution in [0.4, 0.5) is 0 Å². The van der Waals surface area contributed by atoms with Crippen LogP contribution >= 0.6 is 0 Å². The zero-order chi connectivity index (χ0) is 14.0. The minimum atomic E-state index is 1.06. The molecule has 100 valence electrons. The molecule has 1 nitrogen and oxygen atoms in total. The Bertz CT molecular complexity index is 1020. The molecule has 3 aromatic carbocycles. The molecular weight excluding hydrogens is 254 g/mol. The maximum atomic E-state index is 3.61. The van der Waals surface area contributed by atoms with E-state index in [0.29, 0.717) is 0 Å². The van der Waals surface area contributed by atoms with Crippen molar-refractivity contribution in [2.45, 2.75) is 13.3 Å². The zero-order valence-electron chi connectivity index (χ0n) is 11.9. The van der Waals surface area contributed by atoms with E-state index < -0.39 is 0 Å². The third kappa shape index (κ3) is 1.36. The minimum absolute atomic E-state index is 1.06. The molecule has 0 saturated heterocycles. The van der Waals surface area contributed by atoms with Crippen LogP contribution in [0.25, 0.3) is 32.9 Å². The van der Waals surface area contributed by atoms with E-state index in [4.69, 9.17) is 0 Å². The molecule has 1 aromatic heterocycles. The molecule has 1 aliphatic carbocycles. The summed E-state index contributed by atoms with van der Waals surface area (Å²) in [6.45, 7) is 2.25. The molecule has 4 aromatic rings. The van der Waals surface area contributed by atoms with Gasteiger partial charge in [0.2, 0.25) is 0 Å². The lowest BCUT2D eigenvalue weighted by Gasteiger charge is -2.07. The molecule has 1 N–H and O–H groups in total. The van der Waals surface area contributed by atoms with Crippen molar-refractivity contribution in [3.63, 3.8) is 0 Å². The predicted octanol–water partition coefficient (Wildman–Crippen LogP) is 5.20. The highest BCUT2D eigenvalue weighted by Gasteiger charge is 2.22. The van der Waals surface area contributed by atoms with Crippen LogP contribution in [0.1, 0.15) is 16.7 Å². The molecule has 0 radical (unpaired) electrons. The molecule has 0 spiro atoms. The fourth-order valence-corrected chi connectivity index (χ4v) is 3.86. The van der Waals surface area contributed by atoms with Crippen LogP contribution in [-0.4, -0.2) is 4.98 Å². The number of hydrogen-bond acceptors (Lipinski definition) is 0. The Kier molecular flexibility index (Phi) is 2.00.